The molecule has 0 saturated heterocycles. The van der Waals surface area contributed by atoms with E-state index >= 15 is 4.39 Å². The maximum absolute atomic E-state index is 15.5. The van der Waals surface area contributed by atoms with E-state index < -0.39 is 0 Å². The SMILES string of the molecule is CC(C)(C)c1cc(N2CN(c3c(-c4ccccc4)cccc3C(C)(C)C)c3ccccc32)cc(N(c2cccnc2)c2ccc3c(c2)N(c2ccccn2)c2cc(F)ccc2-c2ccccc2-3)c1. The fourth-order valence-electron chi connectivity index (χ4n) is 9.97. The fraction of sp³-hybridized carbons (Fsp3) is 0.148. The number of fused-ring (bicyclic) bond motifs is 6. The molecule has 2 aliphatic rings. The normalized spacial score (nSPS) is 13.1. The minimum absolute atomic E-state index is 0.121. The maximum atomic E-state index is 15.5. The minimum Gasteiger partial charge on any atom is -0.321 e. The van der Waals surface area contributed by atoms with Crippen molar-refractivity contribution in [2.24, 2.45) is 0 Å². The molecule has 9 aromatic rings. The van der Waals surface area contributed by atoms with E-state index in [0.717, 1.165) is 67.8 Å². The molecule has 0 N–H and O–H groups in total. The largest absolute Gasteiger partial charge is 0.321 e. The summed E-state index contributed by atoms with van der Waals surface area (Å²) in [5.74, 6) is 0.377. The van der Waals surface area contributed by atoms with Crippen LogP contribution in [0.25, 0.3) is 33.4 Å². The summed E-state index contributed by atoms with van der Waals surface area (Å²) in [6.45, 7) is 14.4. The topological polar surface area (TPSA) is 38.7 Å². The summed E-state index contributed by atoms with van der Waals surface area (Å²) in [6, 6.07) is 63.3. The van der Waals surface area contributed by atoms with E-state index in [0.29, 0.717) is 12.5 Å². The van der Waals surface area contributed by atoms with Crippen LogP contribution in [0.1, 0.15) is 52.7 Å². The van der Waals surface area contributed by atoms with Gasteiger partial charge in [0, 0.05) is 46.1 Å². The third kappa shape index (κ3) is 7.54. The minimum atomic E-state index is -0.314. The Morgan fingerprint density at radius 3 is 1.85 bits per heavy atom. The zero-order chi connectivity index (χ0) is 46.7. The summed E-state index contributed by atoms with van der Waals surface area (Å²) in [5.41, 5.74) is 17.6. The molecule has 7 heteroatoms. The third-order valence-electron chi connectivity index (χ3n) is 13.3. The van der Waals surface area contributed by atoms with Crippen molar-refractivity contribution < 1.29 is 4.39 Å². The molecule has 0 aliphatic carbocycles. The molecule has 11 rings (SSSR count). The summed E-state index contributed by atoms with van der Waals surface area (Å²) >= 11 is 0. The second-order valence-corrected chi connectivity index (χ2v) is 19.8. The molecule has 0 atom stereocenters. The van der Waals surface area contributed by atoms with Crippen molar-refractivity contribution in [1.29, 1.82) is 0 Å². The number of rotatable bonds is 7. The van der Waals surface area contributed by atoms with Gasteiger partial charge >= 0.3 is 0 Å². The average molecular weight is 889 g/mol. The molecular formula is C61H53FN6. The number of anilines is 10. The van der Waals surface area contributed by atoms with E-state index in [1.165, 1.54) is 27.9 Å². The van der Waals surface area contributed by atoms with Gasteiger partial charge in [-0.3, -0.25) is 9.88 Å². The first-order valence-electron chi connectivity index (χ1n) is 23.4. The maximum Gasteiger partial charge on any atom is 0.137 e. The van der Waals surface area contributed by atoms with Crippen LogP contribution in [0.5, 0.6) is 0 Å². The van der Waals surface area contributed by atoms with Gasteiger partial charge in [0.05, 0.1) is 40.3 Å². The first kappa shape index (κ1) is 42.6. The van der Waals surface area contributed by atoms with Gasteiger partial charge in [-0.25, -0.2) is 9.37 Å². The molecule has 0 unspecified atom stereocenters. The number of benzene rings is 7. The van der Waals surface area contributed by atoms with Gasteiger partial charge in [-0.1, -0.05) is 139 Å². The molecule has 0 spiro atoms. The Balaban J connectivity index is 1.11. The molecule has 0 bridgehead atoms. The van der Waals surface area contributed by atoms with E-state index in [4.69, 9.17) is 4.98 Å². The van der Waals surface area contributed by atoms with Crippen LogP contribution in [0.4, 0.5) is 61.4 Å². The Bertz CT molecular complexity index is 3320. The second-order valence-electron chi connectivity index (χ2n) is 19.8. The number of hydrogen-bond acceptors (Lipinski definition) is 6. The van der Waals surface area contributed by atoms with Crippen molar-refractivity contribution in [3.8, 4) is 33.4 Å². The van der Waals surface area contributed by atoms with Gasteiger partial charge in [0.2, 0.25) is 0 Å². The van der Waals surface area contributed by atoms with Crippen LogP contribution < -0.4 is 19.6 Å². The van der Waals surface area contributed by atoms with E-state index in [-0.39, 0.29) is 16.6 Å². The molecule has 334 valence electrons. The smallest absolute Gasteiger partial charge is 0.137 e. The fourth-order valence-corrected chi connectivity index (χ4v) is 9.97. The number of halogens is 1. The van der Waals surface area contributed by atoms with Crippen molar-refractivity contribution >= 4 is 57.0 Å². The highest BCUT2D eigenvalue weighted by Gasteiger charge is 2.35. The van der Waals surface area contributed by atoms with Crippen LogP contribution in [0, 0.1) is 5.82 Å². The Morgan fingerprint density at radius 1 is 0.485 bits per heavy atom. The highest BCUT2D eigenvalue weighted by atomic mass is 19.1. The first-order chi connectivity index (χ1) is 32.9. The lowest BCUT2D eigenvalue weighted by Gasteiger charge is -2.33. The highest BCUT2D eigenvalue weighted by molar-refractivity contribution is 6.03. The molecule has 68 heavy (non-hydrogen) atoms. The summed E-state index contributed by atoms with van der Waals surface area (Å²) in [4.78, 5) is 18.9. The molecule has 4 heterocycles. The van der Waals surface area contributed by atoms with Gasteiger partial charge in [-0.05, 0) is 124 Å². The van der Waals surface area contributed by atoms with Gasteiger partial charge < -0.3 is 14.7 Å². The van der Waals surface area contributed by atoms with Crippen molar-refractivity contribution in [2.75, 3.05) is 26.3 Å². The molecule has 0 amide bonds. The molecular weight excluding hydrogens is 836 g/mol. The van der Waals surface area contributed by atoms with Crippen LogP contribution in [0.3, 0.4) is 0 Å². The second kappa shape index (κ2) is 16.7. The van der Waals surface area contributed by atoms with Crippen molar-refractivity contribution in [3.63, 3.8) is 0 Å². The van der Waals surface area contributed by atoms with E-state index in [1.807, 2.05) is 48.8 Å². The van der Waals surface area contributed by atoms with E-state index in [1.54, 1.807) is 18.3 Å². The van der Waals surface area contributed by atoms with Gasteiger partial charge in [-0.2, -0.15) is 0 Å². The zero-order valence-corrected chi connectivity index (χ0v) is 39.3. The zero-order valence-electron chi connectivity index (χ0n) is 39.3. The third-order valence-corrected chi connectivity index (χ3v) is 13.3. The van der Waals surface area contributed by atoms with Crippen molar-refractivity contribution in [1.82, 2.24) is 9.97 Å². The molecule has 6 nitrogen and oxygen atoms in total. The van der Waals surface area contributed by atoms with Crippen LogP contribution in [0.15, 0.2) is 201 Å². The molecule has 0 radical (unpaired) electrons. The van der Waals surface area contributed by atoms with Gasteiger partial charge in [0.1, 0.15) is 18.3 Å². The molecule has 2 aliphatic heterocycles. The molecule has 7 aromatic carbocycles. The molecule has 0 fully saturated rings. The summed E-state index contributed by atoms with van der Waals surface area (Å²) in [5, 5.41) is 0. The lowest BCUT2D eigenvalue weighted by atomic mass is 9.83. The van der Waals surface area contributed by atoms with Crippen LogP contribution in [0.2, 0.25) is 0 Å². The monoisotopic (exact) mass is 888 g/mol. The predicted molar refractivity (Wildman–Crippen MR) is 281 cm³/mol. The number of para-hydroxylation sites is 3. The summed E-state index contributed by atoms with van der Waals surface area (Å²) < 4.78 is 15.5. The lowest BCUT2D eigenvalue weighted by molar-refractivity contribution is 0.589. The number of hydrogen-bond donors (Lipinski definition) is 0. The predicted octanol–water partition coefficient (Wildman–Crippen LogP) is 16.7. The van der Waals surface area contributed by atoms with E-state index in [2.05, 4.69) is 200 Å². The number of aromatic nitrogens is 2. The highest BCUT2D eigenvalue weighted by Crippen LogP contribution is 2.54. The number of nitrogens with zero attached hydrogens (tertiary/aromatic N) is 6. The quantitative estimate of drug-likeness (QED) is 0.159. The Hall–Kier alpha value is -8.03. The van der Waals surface area contributed by atoms with Gasteiger partial charge in [0.25, 0.3) is 0 Å². The lowest BCUT2D eigenvalue weighted by Crippen LogP contribution is -2.27. The summed E-state index contributed by atoms with van der Waals surface area (Å²) in [6.07, 6.45) is 5.53. The van der Waals surface area contributed by atoms with Crippen LogP contribution in [-0.4, -0.2) is 16.6 Å². The Morgan fingerprint density at radius 2 is 1.16 bits per heavy atom. The van der Waals surface area contributed by atoms with Crippen molar-refractivity contribution in [2.45, 2.75) is 52.4 Å². The number of pyridine rings is 2. The molecule has 0 saturated carbocycles. The van der Waals surface area contributed by atoms with E-state index in [9.17, 15) is 0 Å². The Kier molecular flexibility index (Phi) is 10.5. The summed E-state index contributed by atoms with van der Waals surface area (Å²) in [7, 11) is 0. The van der Waals surface area contributed by atoms with Crippen LogP contribution in [-0.2, 0) is 10.8 Å². The van der Waals surface area contributed by atoms with Gasteiger partial charge in [0.15, 0.2) is 0 Å². The Labute approximate surface area is 399 Å². The van der Waals surface area contributed by atoms with Gasteiger partial charge in [-0.15, -0.1) is 0 Å². The first-order valence-corrected chi connectivity index (χ1v) is 23.4. The average Bonchev–Trinajstić information content (AvgIpc) is 3.69. The van der Waals surface area contributed by atoms with Crippen molar-refractivity contribution in [3.05, 3.63) is 218 Å². The standard InChI is InChI=1S/C61H53FN6/c1-60(2,3)42-34-46(65-40-66(55-26-13-12-25-54(55)65)59-48(41-18-8-7-9-19-41)23-16-24-53(59)61(4,5)6)37-47(35-42)67(45-20-17-32-63-39-45)44-29-31-52-50-22-11-10-21-49(50)51-30-28-43(62)36-56(51)68(57(52)38-44)58-27-14-15-33-64-58/h7-39H,40H2,1-6H3. The van der Waals surface area contributed by atoms with Crippen LogP contribution >= 0.6 is 0 Å². The molecule has 2 aromatic heterocycles.